The zero-order chi connectivity index (χ0) is 33.0. The summed E-state index contributed by atoms with van der Waals surface area (Å²) in [5.74, 6) is -1.47. The fourth-order valence-corrected chi connectivity index (χ4v) is 5.82. The maximum absolute atomic E-state index is 13.8. The van der Waals surface area contributed by atoms with Crippen molar-refractivity contribution in [1.82, 2.24) is 5.32 Å². The topological polar surface area (TPSA) is 176 Å². The molecule has 0 aromatic rings. The first-order chi connectivity index (χ1) is 20.6. The van der Waals surface area contributed by atoms with Crippen molar-refractivity contribution in [2.24, 2.45) is 17.6 Å². The van der Waals surface area contributed by atoms with E-state index in [2.05, 4.69) is 5.32 Å². The van der Waals surface area contributed by atoms with Crippen LogP contribution >= 0.6 is 0 Å². The second kappa shape index (κ2) is 14.2. The fourth-order valence-electron chi connectivity index (χ4n) is 5.82. The van der Waals surface area contributed by atoms with Crippen molar-refractivity contribution in [3.8, 4) is 0 Å². The number of nitrogens with two attached hydrogens (primary N) is 1. The van der Waals surface area contributed by atoms with Crippen molar-refractivity contribution in [2.45, 2.75) is 90.0 Å². The number of ketones is 1. The minimum absolute atomic E-state index is 0.0512. The lowest BCUT2D eigenvalue weighted by Crippen LogP contribution is -2.53. The van der Waals surface area contributed by atoms with Gasteiger partial charge < -0.3 is 44.9 Å². The summed E-state index contributed by atoms with van der Waals surface area (Å²) in [6, 6.07) is 0. The van der Waals surface area contributed by atoms with Crippen LogP contribution < -0.4 is 11.1 Å². The number of hydrogen-bond donors (Lipinski definition) is 4. The SMILES string of the molecule is CO[C@H]1/C=C\C=C(/C)C(=O)NC2=CC3(C(C)(C)O)OCOC3=C(C[C@@H](C)C[C@H](OC)[C@H](O)[C@@H](C)/C=C(\C)[C@@H]1OC(N)=O)C2=O. The predicted octanol–water partition coefficient (Wildman–Crippen LogP) is 2.71. The number of allylic oxidation sites excluding steroid dienone is 3. The van der Waals surface area contributed by atoms with Gasteiger partial charge in [0.05, 0.1) is 23.5 Å². The molecular formula is C32H46N2O10. The highest BCUT2D eigenvalue weighted by Crippen LogP contribution is 2.46. The molecule has 2 aliphatic heterocycles. The molecule has 1 aliphatic carbocycles. The Kier molecular flexibility index (Phi) is 11.4. The molecule has 2 amide bonds. The summed E-state index contributed by atoms with van der Waals surface area (Å²) in [5, 5.41) is 25.2. The number of hydrogen-bond acceptors (Lipinski definition) is 10. The molecule has 0 aromatic heterocycles. The molecule has 5 N–H and O–H groups in total. The summed E-state index contributed by atoms with van der Waals surface area (Å²) in [4.78, 5) is 38.9. The summed E-state index contributed by atoms with van der Waals surface area (Å²) >= 11 is 0. The molecule has 244 valence electrons. The molecule has 3 rings (SSSR count). The number of carbonyl (C=O) groups excluding carboxylic acids is 3. The van der Waals surface area contributed by atoms with Gasteiger partial charge in [0.15, 0.2) is 18.5 Å². The summed E-state index contributed by atoms with van der Waals surface area (Å²) in [5.41, 5.74) is 3.39. The molecule has 12 heteroatoms. The van der Waals surface area contributed by atoms with E-state index in [1.807, 2.05) is 13.8 Å². The molecule has 0 saturated carbocycles. The van der Waals surface area contributed by atoms with Gasteiger partial charge in [-0.1, -0.05) is 38.2 Å². The number of aliphatic hydroxyl groups is 2. The average molecular weight is 619 g/mol. The first kappa shape index (κ1) is 35.2. The highest BCUT2D eigenvalue weighted by atomic mass is 16.7. The molecule has 44 heavy (non-hydrogen) atoms. The van der Waals surface area contributed by atoms with E-state index in [1.165, 1.54) is 26.4 Å². The smallest absolute Gasteiger partial charge is 0.405 e. The molecule has 1 fully saturated rings. The van der Waals surface area contributed by atoms with E-state index in [9.17, 15) is 24.6 Å². The Bertz CT molecular complexity index is 1270. The molecule has 2 bridgehead atoms. The monoisotopic (exact) mass is 618 g/mol. The van der Waals surface area contributed by atoms with Crippen LogP contribution in [0.4, 0.5) is 4.79 Å². The number of fused-ring (bicyclic) bond motifs is 3. The van der Waals surface area contributed by atoms with Crippen LogP contribution in [0.5, 0.6) is 0 Å². The van der Waals surface area contributed by atoms with E-state index in [4.69, 9.17) is 29.4 Å². The van der Waals surface area contributed by atoms with Crippen LogP contribution in [0, 0.1) is 11.8 Å². The average Bonchev–Trinajstić information content (AvgIpc) is 3.39. The molecule has 0 aromatic carbocycles. The van der Waals surface area contributed by atoms with Crippen molar-refractivity contribution in [3.63, 3.8) is 0 Å². The molecule has 2 heterocycles. The highest BCUT2D eigenvalue weighted by Gasteiger charge is 2.56. The number of rotatable bonds is 4. The second-order valence-corrected chi connectivity index (χ2v) is 12.2. The van der Waals surface area contributed by atoms with E-state index in [0.29, 0.717) is 12.0 Å². The van der Waals surface area contributed by atoms with Gasteiger partial charge in [-0.25, -0.2) is 4.79 Å². The number of methoxy groups -OCH3 is 2. The Labute approximate surface area is 258 Å². The van der Waals surface area contributed by atoms with Gasteiger partial charge in [0, 0.05) is 31.3 Å². The first-order valence-electron chi connectivity index (χ1n) is 14.6. The zero-order valence-corrected chi connectivity index (χ0v) is 26.7. The number of primary amides is 1. The fraction of sp³-hybridized carbons (Fsp3) is 0.594. The molecule has 3 aliphatic rings. The number of Topliss-reactive ketones (excluding diaryl/α,β-unsaturated/α-hetero) is 1. The molecule has 0 spiro atoms. The zero-order valence-electron chi connectivity index (χ0n) is 26.7. The van der Waals surface area contributed by atoms with Gasteiger partial charge in [0.25, 0.3) is 5.91 Å². The third-order valence-electron chi connectivity index (χ3n) is 8.33. The van der Waals surface area contributed by atoms with E-state index in [-0.39, 0.29) is 41.7 Å². The van der Waals surface area contributed by atoms with E-state index in [1.54, 1.807) is 45.9 Å². The van der Waals surface area contributed by atoms with Crippen LogP contribution in [0.1, 0.15) is 54.4 Å². The molecule has 0 radical (unpaired) electrons. The summed E-state index contributed by atoms with van der Waals surface area (Å²) in [6.45, 7) is 9.93. The van der Waals surface area contributed by atoms with Crippen LogP contribution in [-0.2, 0) is 33.3 Å². The standard InChI is InChI=1S/C32H46N2O10/c1-17-12-21-26(36)22(15-32(31(5,6)39)28(21)42-16-43-32)34-29(37)18(2)10-9-11-23(40-7)27(44-30(33)38)20(4)14-19(3)25(35)24(13-17)41-8/h9-11,14-15,17,19,23-25,27,35,39H,12-13,16H2,1-8H3,(H2,33,38)(H,34,37)/b11-9-,18-10+,20-14+/t17-,19+,23+,24+,25-,27+,32?/m1/s1. The maximum atomic E-state index is 13.8. The van der Waals surface area contributed by atoms with Crippen LogP contribution in [0.25, 0.3) is 0 Å². The van der Waals surface area contributed by atoms with Gasteiger partial charge in [0.2, 0.25) is 5.78 Å². The van der Waals surface area contributed by atoms with Crippen LogP contribution in [0.3, 0.4) is 0 Å². The van der Waals surface area contributed by atoms with Gasteiger partial charge in [-0.3, -0.25) is 9.59 Å². The number of carbonyl (C=O) groups is 3. The largest absolute Gasteiger partial charge is 0.468 e. The van der Waals surface area contributed by atoms with E-state index < -0.39 is 59.3 Å². The van der Waals surface area contributed by atoms with Gasteiger partial charge in [-0.2, -0.15) is 0 Å². The summed E-state index contributed by atoms with van der Waals surface area (Å²) in [7, 11) is 2.93. The van der Waals surface area contributed by atoms with Crippen LogP contribution in [0.2, 0.25) is 0 Å². The third-order valence-corrected chi connectivity index (χ3v) is 8.33. The van der Waals surface area contributed by atoms with Gasteiger partial charge in [-0.05, 0) is 58.1 Å². The quantitative estimate of drug-likeness (QED) is 0.343. The number of ether oxygens (including phenoxy) is 5. The second-order valence-electron chi connectivity index (χ2n) is 12.2. The molecule has 1 saturated heterocycles. The van der Waals surface area contributed by atoms with E-state index >= 15 is 0 Å². The van der Waals surface area contributed by atoms with Crippen molar-refractivity contribution in [3.05, 3.63) is 58.6 Å². The van der Waals surface area contributed by atoms with Crippen LogP contribution in [-0.4, -0.2) is 84.6 Å². The van der Waals surface area contributed by atoms with Crippen molar-refractivity contribution < 1.29 is 48.3 Å². The first-order valence-corrected chi connectivity index (χ1v) is 14.6. The minimum Gasteiger partial charge on any atom is -0.468 e. The number of amides is 2. The lowest BCUT2D eigenvalue weighted by molar-refractivity contribution is -0.121. The Balaban J connectivity index is 2.15. The number of nitrogens with one attached hydrogen (secondary N) is 1. The summed E-state index contributed by atoms with van der Waals surface area (Å²) < 4.78 is 28.4. The van der Waals surface area contributed by atoms with E-state index in [0.717, 1.165) is 0 Å². The molecule has 1 unspecified atom stereocenters. The highest BCUT2D eigenvalue weighted by molar-refractivity contribution is 6.13. The minimum atomic E-state index is -1.52. The van der Waals surface area contributed by atoms with Crippen molar-refractivity contribution in [2.75, 3.05) is 21.0 Å². The number of aliphatic hydroxyl groups excluding tert-OH is 1. The normalized spacial score (nSPS) is 35.7. The Morgan fingerprint density at radius 3 is 2.45 bits per heavy atom. The predicted molar refractivity (Wildman–Crippen MR) is 161 cm³/mol. The van der Waals surface area contributed by atoms with Gasteiger partial charge in [0.1, 0.15) is 11.9 Å². The van der Waals surface area contributed by atoms with Crippen molar-refractivity contribution >= 4 is 17.8 Å². The van der Waals surface area contributed by atoms with Crippen molar-refractivity contribution in [1.29, 1.82) is 0 Å². The lowest BCUT2D eigenvalue weighted by Gasteiger charge is -2.39. The molecule has 12 nitrogen and oxygen atoms in total. The molecular weight excluding hydrogens is 572 g/mol. The Morgan fingerprint density at radius 1 is 1.18 bits per heavy atom. The summed E-state index contributed by atoms with van der Waals surface area (Å²) in [6.07, 6.45) is 4.11. The van der Waals surface area contributed by atoms with Gasteiger partial charge >= 0.3 is 6.09 Å². The Hall–Kier alpha value is -3.29. The lowest BCUT2D eigenvalue weighted by atomic mass is 9.75. The molecule has 7 atom stereocenters. The van der Waals surface area contributed by atoms with Gasteiger partial charge in [-0.15, -0.1) is 0 Å². The maximum Gasteiger partial charge on any atom is 0.405 e. The Morgan fingerprint density at radius 2 is 1.86 bits per heavy atom. The van der Waals surface area contributed by atoms with Crippen LogP contribution in [0.15, 0.2) is 58.6 Å². The third kappa shape index (κ3) is 7.49.